The van der Waals surface area contributed by atoms with Crippen LogP contribution in [-0.4, -0.2) is 50.2 Å². The van der Waals surface area contributed by atoms with Crippen molar-refractivity contribution in [3.05, 3.63) is 75.7 Å². The fraction of sp³-hybridized carbons (Fsp3) is 0.357. The first-order valence-corrected chi connectivity index (χ1v) is 12.8. The number of alkyl halides is 3. The Kier molecular flexibility index (Phi) is 6.80. The van der Waals surface area contributed by atoms with Crippen LogP contribution >= 0.6 is 0 Å². The molecule has 0 bridgehead atoms. The molecule has 1 fully saturated rings. The van der Waals surface area contributed by atoms with E-state index in [0.717, 1.165) is 12.1 Å². The number of carbonyl (C=O) groups excluding carboxylic acids is 2. The molecule has 2 amide bonds. The summed E-state index contributed by atoms with van der Waals surface area (Å²) in [5.41, 5.74) is -0.960. The minimum absolute atomic E-state index is 0.0884. The number of halogens is 3. The van der Waals surface area contributed by atoms with Crippen molar-refractivity contribution >= 4 is 34.2 Å². The molecule has 1 aliphatic heterocycles. The third-order valence-corrected chi connectivity index (χ3v) is 6.75. The van der Waals surface area contributed by atoms with Gasteiger partial charge in [-0.3, -0.25) is 9.59 Å². The Hall–Kier alpha value is -4.35. The van der Waals surface area contributed by atoms with Gasteiger partial charge in [0.2, 0.25) is 0 Å². The van der Waals surface area contributed by atoms with Crippen LogP contribution in [0.1, 0.15) is 61.1 Å². The zero-order chi connectivity index (χ0) is 28.8. The molecule has 0 atom stereocenters. The molecule has 2 aromatic heterocycles. The first kappa shape index (κ1) is 27.2. The van der Waals surface area contributed by atoms with Crippen molar-refractivity contribution in [3.63, 3.8) is 0 Å². The average molecular weight is 556 g/mol. The highest BCUT2D eigenvalue weighted by atomic mass is 19.4. The van der Waals surface area contributed by atoms with Gasteiger partial charge in [-0.05, 0) is 57.9 Å². The maximum absolute atomic E-state index is 13.5. The quantitative estimate of drug-likeness (QED) is 0.344. The standard InChI is InChI=1S/C28H28F3N5O4/c1-27(2,3)40-26(39)35-13-11-16(12-14-35)21-15-22(37)33-24-23-19(9-6-10-20(23)34-36(21)24)32-25(38)17-7-4-5-8-18(17)28(29,30)31/h4-10,15-16H,11-14H2,1-3H3,(H,32,38)(H,33,37). The number of H-pyrrole nitrogens is 1. The van der Waals surface area contributed by atoms with Crippen LogP contribution in [0.5, 0.6) is 0 Å². The molecule has 3 heterocycles. The maximum Gasteiger partial charge on any atom is 0.417 e. The highest BCUT2D eigenvalue weighted by Gasteiger charge is 2.35. The molecule has 2 N–H and O–H groups in total. The third kappa shape index (κ3) is 5.38. The van der Waals surface area contributed by atoms with Crippen LogP contribution in [0, 0.1) is 0 Å². The van der Waals surface area contributed by atoms with Gasteiger partial charge in [0.15, 0.2) is 0 Å². The summed E-state index contributed by atoms with van der Waals surface area (Å²) < 4.78 is 47.6. The SMILES string of the molecule is CC(C)(C)OC(=O)N1CCC(c2cc(=O)[nH]c3c4c(NC(=O)c5ccccc5C(F)(F)F)cccc4nn23)CC1. The summed E-state index contributed by atoms with van der Waals surface area (Å²) in [6.07, 6.45) is -3.94. The van der Waals surface area contributed by atoms with E-state index in [-0.39, 0.29) is 23.3 Å². The molecule has 2 aromatic carbocycles. The minimum Gasteiger partial charge on any atom is -0.444 e. The lowest BCUT2D eigenvalue weighted by Gasteiger charge is -2.33. The molecule has 12 heteroatoms. The molecule has 0 unspecified atom stereocenters. The van der Waals surface area contributed by atoms with E-state index in [1.165, 1.54) is 18.2 Å². The van der Waals surface area contributed by atoms with Crippen LogP contribution in [0.3, 0.4) is 0 Å². The number of aromatic nitrogens is 3. The number of likely N-dealkylation sites (tertiary alicyclic amines) is 1. The number of hydrogen-bond donors (Lipinski definition) is 2. The third-order valence-electron chi connectivity index (χ3n) is 6.75. The maximum atomic E-state index is 13.5. The van der Waals surface area contributed by atoms with Crippen molar-refractivity contribution in [1.29, 1.82) is 0 Å². The van der Waals surface area contributed by atoms with E-state index in [2.05, 4.69) is 15.4 Å². The fourth-order valence-electron chi connectivity index (χ4n) is 4.98. The largest absolute Gasteiger partial charge is 0.444 e. The van der Waals surface area contributed by atoms with Crippen LogP contribution in [0.25, 0.3) is 16.6 Å². The van der Waals surface area contributed by atoms with Gasteiger partial charge in [0.25, 0.3) is 11.5 Å². The number of anilines is 1. The number of benzene rings is 2. The van der Waals surface area contributed by atoms with Gasteiger partial charge in [0.05, 0.1) is 33.4 Å². The minimum atomic E-state index is -4.70. The summed E-state index contributed by atoms with van der Waals surface area (Å²) in [5, 5.41) is 7.61. The fourth-order valence-corrected chi connectivity index (χ4v) is 4.98. The van der Waals surface area contributed by atoms with Gasteiger partial charge in [-0.15, -0.1) is 0 Å². The Labute approximate surface area is 226 Å². The summed E-state index contributed by atoms with van der Waals surface area (Å²) in [5.74, 6) is -1.03. The van der Waals surface area contributed by atoms with Crippen molar-refractivity contribution in [2.24, 2.45) is 0 Å². The number of ether oxygens (including phenoxy) is 1. The molecule has 0 spiro atoms. The summed E-state index contributed by atoms with van der Waals surface area (Å²) in [6.45, 7) is 6.29. The second-order valence-corrected chi connectivity index (χ2v) is 10.8. The van der Waals surface area contributed by atoms with E-state index in [0.29, 0.717) is 48.2 Å². The van der Waals surface area contributed by atoms with E-state index < -0.39 is 28.8 Å². The Morgan fingerprint density at radius 3 is 2.42 bits per heavy atom. The lowest BCUT2D eigenvalue weighted by atomic mass is 9.93. The smallest absolute Gasteiger partial charge is 0.417 e. The Morgan fingerprint density at radius 2 is 1.75 bits per heavy atom. The van der Waals surface area contributed by atoms with Crippen LogP contribution in [0.15, 0.2) is 53.3 Å². The highest BCUT2D eigenvalue weighted by molar-refractivity contribution is 6.12. The van der Waals surface area contributed by atoms with Crippen LogP contribution in [-0.2, 0) is 10.9 Å². The Morgan fingerprint density at radius 1 is 1.05 bits per heavy atom. The van der Waals surface area contributed by atoms with Crippen LogP contribution < -0.4 is 10.9 Å². The van der Waals surface area contributed by atoms with Crippen molar-refractivity contribution in [1.82, 2.24) is 19.5 Å². The first-order valence-electron chi connectivity index (χ1n) is 12.8. The topological polar surface area (TPSA) is 109 Å². The molecule has 5 rings (SSSR count). The second kappa shape index (κ2) is 10.00. The lowest BCUT2D eigenvalue weighted by molar-refractivity contribution is -0.137. The molecule has 4 aromatic rings. The summed E-state index contributed by atoms with van der Waals surface area (Å²) in [7, 11) is 0. The average Bonchev–Trinajstić information content (AvgIpc) is 3.26. The highest BCUT2D eigenvalue weighted by Crippen LogP contribution is 2.34. The second-order valence-electron chi connectivity index (χ2n) is 10.8. The zero-order valence-corrected chi connectivity index (χ0v) is 22.1. The van der Waals surface area contributed by atoms with Gasteiger partial charge in [-0.2, -0.15) is 18.3 Å². The van der Waals surface area contributed by atoms with Gasteiger partial charge in [0, 0.05) is 25.1 Å². The molecular weight excluding hydrogens is 527 g/mol. The predicted octanol–water partition coefficient (Wildman–Crippen LogP) is 5.56. The molecule has 210 valence electrons. The number of aromatic amines is 1. The normalized spacial score (nSPS) is 15.0. The van der Waals surface area contributed by atoms with Gasteiger partial charge in [0.1, 0.15) is 11.2 Å². The Balaban J connectivity index is 1.48. The lowest BCUT2D eigenvalue weighted by Crippen LogP contribution is -2.41. The summed E-state index contributed by atoms with van der Waals surface area (Å²) in [6, 6.07) is 10.9. The Bertz CT molecular complexity index is 1660. The van der Waals surface area contributed by atoms with Crippen molar-refractivity contribution in [2.45, 2.75) is 51.3 Å². The number of amides is 2. The van der Waals surface area contributed by atoms with E-state index in [1.54, 1.807) is 48.4 Å². The molecule has 9 nitrogen and oxygen atoms in total. The first-order chi connectivity index (χ1) is 18.8. The number of piperidine rings is 1. The van der Waals surface area contributed by atoms with Crippen LogP contribution in [0.2, 0.25) is 0 Å². The molecule has 0 saturated carbocycles. The van der Waals surface area contributed by atoms with E-state index >= 15 is 0 Å². The number of nitrogens with one attached hydrogen (secondary N) is 2. The van der Waals surface area contributed by atoms with Gasteiger partial charge < -0.3 is 19.9 Å². The van der Waals surface area contributed by atoms with Crippen molar-refractivity contribution in [2.75, 3.05) is 18.4 Å². The molecule has 0 aliphatic carbocycles. The number of fused-ring (bicyclic) bond motifs is 3. The molecule has 1 saturated heterocycles. The van der Waals surface area contributed by atoms with Crippen molar-refractivity contribution < 1.29 is 27.5 Å². The van der Waals surface area contributed by atoms with Gasteiger partial charge >= 0.3 is 12.3 Å². The monoisotopic (exact) mass is 555 g/mol. The van der Waals surface area contributed by atoms with E-state index in [9.17, 15) is 27.6 Å². The predicted molar refractivity (Wildman–Crippen MR) is 142 cm³/mol. The molecule has 1 aliphatic rings. The summed E-state index contributed by atoms with van der Waals surface area (Å²) >= 11 is 0. The summed E-state index contributed by atoms with van der Waals surface area (Å²) in [4.78, 5) is 42.6. The zero-order valence-electron chi connectivity index (χ0n) is 22.1. The van der Waals surface area contributed by atoms with Gasteiger partial charge in [-0.1, -0.05) is 18.2 Å². The molecular formula is C28H28F3N5O4. The number of carbonyl (C=O) groups is 2. The van der Waals surface area contributed by atoms with E-state index in [1.807, 2.05) is 0 Å². The van der Waals surface area contributed by atoms with Gasteiger partial charge in [-0.25, -0.2) is 9.31 Å². The van der Waals surface area contributed by atoms with Crippen molar-refractivity contribution in [3.8, 4) is 0 Å². The van der Waals surface area contributed by atoms with E-state index in [4.69, 9.17) is 4.74 Å². The number of hydrogen-bond acceptors (Lipinski definition) is 5. The van der Waals surface area contributed by atoms with Crippen LogP contribution in [0.4, 0.5) is 23.7 Å². The molecule has 0 radical (unpaired) electrons. The number of nitrogens with zero attached hydrogens (tertiary/aromatic N) is 3. The molecule has 40 heavy (non-hydrogen) atoms. The number of rotatable bonds is 3.